The molecule has 0 fully saturated rings. The summed E-state index contributed by atoms with van der Waals surface area (Å²) in [5, 5.41) is 4.45. The van der Waals surface area contributed by atoms with Gasteiger partial charge in [0, 0.05) is 30.7 Å². The number of fused-ring (bicyclic) bond motifs is 1. The van der Waals surface area contributed by atoms with Crippen LogP contribution in [-0.4, -0.2) is 39.9 Å². The second-order valence-corrected chi connectivity index (χ2v) is 6.09. The Morgan fingerprint density at radius 1 is 1.00 bits per heavy atom. The number of nitrogens with zero attached hydrogens (tertiary/aromatic N) is 4. The molecular formula is C19H20N4O2. The zero-order valence-corrected chi connectivity index (χ0v) is 14.1. The minimum absolute atomic E-state index is 0.606. The predicted octanol–water partition coefficient (Wildman–Crippen LogP) is 2.81. The van der Waals surface area contributed by atoms with Crippen LogP contribution in [0.25, 0.3) is 11.3 Å². The maximum Gasteiger partial charge on any atom is 0.161 e. The largest absolute Gasteiger partial charge is 0.486 e. The monoisotopic (exact) mass is 336 g/mol. The molecule has 0 unspecified atom stereocenters. The van der Waals surface area contributed by atoms with E-state index in [2.05, 4.69) is 34.2 Å². The highest BCUT2D eigenvalue weighted by Crippen LogP contribution is 2.31. The molecule has 0 N–H and O–H groups in total. The lowest BCUT2D eigenvalue weighted by molar-refractivity contribution is 0.171. The van der Waals surface area contributed by atoms with Crippen molar-refractivity contribution >= 4 is 0 Å². The third-order valence-corrected chi connectivity index (χ3v) is 4.13. The van der Waals surface area contributed by atoms with Gasteiger partial charge in [-0.05, 0) is 42.9 Å². The number of aromatic nitrogens is 3. The van der Waals surface area contributed by atoms with E-state index in [1.807, 2.05) is 35.1 Å². The van der Waals surface area contributed by atoms with Crippen molar-refractivity contribution in [1.29, 1.82) is 0 Å². The van der Waals surface area contributed by atoms with Crippen molar-refractivity contribution in [3.8, 4) is 22.8 Å². The van der Waals surface area contributed by atoms with Crippen LogP contribution in [0.4, 0.5) is 0 Å². The number of ether oxygens (including phenoxy) is 2. The smallest absolute Gasteiger partial charge is 0.161 e. The number of rotatable bonds is 5. The second kappa shape index (κ2) is 6.94. The third kappa shape index (κ3) is 3.49. The molecule has 3 heterocycles. The van der Waals surface area contributed by atoms with Crippen LogP contribution in [0, 0.1) is 0 Å². The molecule has 3 aromatic rings. The van der Waals surface area contributed by atoms with Crippen molar-refractivity contribution in [1.82, 2.24) is 19.7 Å². The van der Waals surface area contributed by atoms with Crippen LogP contribution in [0.3, 0.4) is 0 Å². The minimum atomic E-state index is 0.606. The quantitative estimate of drug-likeness (QED) is 0.717. The van der Waals surface area contributed by atoms with Crippen LogP contribution in [0.1, 0.15) is 5.56 Å². The predicted molar refractivity (Wildman–Crippen MR) is 94.4 cm³/mol. The van der Waals surface area contributed by atoms with E-state index in [-0.39, 0.29) is 0 Å². The van der Waals surface area contributed by atoms with Crippen LogP contribution < -0.4 is 9.47 Å². The number of benzene rings is 1. The van der Waals surface area contributed by atoms with Gasteiger partial charge in [-0.15, -0.1) is 0 Å². The molecular weight excluding hydrogens is 316 g/mol. The number of hydrogen-bond donors (Lipinski definition) is 0. The zero-order valence-electron chi connectivity index (χ0n) is 14.1. The molecule has 6 heteroatoms. The summed E-state index contributed by atoms with van der Waals surface area (Å²) >= 11 is 0. The number of pyridine rings is 1. The van der Waals surface area contributed by atoms with E-state index >= 15 is 0 Å². The molecule has 0 bridgehead atoms. The molecule has 0 saturated heterocycles. The van der Waals surface area contributed by atoms with Crippen molar-refractivity contribution in [2.75, 3.05) is 20.3 Å². The maximum absolute atomic E-state index is 5.66. The van der Waals surface area contributed by atoms with Crippen molar-refractivity contribution in [2.24, 2.45) is 0 Å². The molecule has 0 spiro atoms. The molecule has 128 valence electrons. The van der Waals surface area contributed by atoms with Gasteiger partial charge in [0.15, 0.2) is 11.5 Å². The molecule has 2 aromatic heterocycles. The van der Waals surface area contributed by atoms with E-state index in [9.17, 15) is 0 Å². The van der Waals surface area contributed by atoms with Gasteiger partial charge in [0.25, 0.3) is 0 Å². The zero-order chi connectivity index (χ0) is 17.1. The van der Waals surface area contributed by atoms with Crippen LogP contribution in [0.15, 0.2) is 55.0 Å². The Labute approximate surface area is 146 Å². The van der Waals surface area contributed by atoms with E-state index in [0.29, 0.717) is 19.9 Å². The minimum Gasteiger partial charge on any atom is -0.486 e. The Morgan fingerprint density at radius 3 is 2.64 bits per heavy atom. The average molecular weight is 336 g/mol. The van der Waals surface area contributed by atoms with E-state index < -0.39 is 0 Å². The van der Waals surface area contributed by atoms with Gasteiger partial charge in [-0.1, -0.05) is 6.07 Å². The van der Waals surface area contributed by atoms with Gasteiger partial charge >= 0.3 is 0 Å². The first-order chi connectivity index (χ1) is 12.3. The molecule has 6 nitrogen and oxygen atoms in total. The Morgan fingerprint density at radius 2 is 1.80 bits per heavy atom. The van der Waals surface area contributed by atoms with Gasteiger partial charge in [0.1, 0.15) is 13.2 Å². The fourth-order valence-electron chi connectivity index (χ4n) is 2.99. The lowest BCUT2D eigenvalue weighted by atomic mass is 10.2. The van der Waals surface area contributed by atoms with Crippen LogP contribution >= 0.6 is 0 Å². The highest BCUT2D eigenvalue weighted by Gasteiger charge is 2.13. The first-order valence-electron chi connectivity index (χ1n) is 8.29. The van der Waals surface area contributed by atoms with Gasteiger partial charge < -0.3 is 9.47 Å². The fraction of sp³-hybridized carbons (Fsp3) is 0.263. The van der Waals surface area contributed by atoms with Crippen molar-refractivity contribution in [3.05, 3.63) is 60.6 Å². The molecule has 1 aromatic carbocycles. The highest BCUT2D eigenvalue weighted by atomic mass is 16.6. The second-order valence-electron chi connectivity index (χ2n) is 6.09. The highest BCUT2D eigenvalue weighted by molar-refractivity contribution is 5.58. The topological polar surface area (TPSA) is 52.4 Å². The normalized spacial score (nSPS) is 13.2. The van der Waals surface area contributed by atoms with Gasteiger partial charge in [-0.3, -0.25) is 14.6 Å². The van der Waals surface area contributed by atoms with E-state index in [0.717, 1.165) is 29.3 Å². The fourth-order valence-corrected chi connectivity index (χ4v) is 2.99. The van der Waals surface area contributed by atoms with E-state index in [1.54, 1.807) is 12.4 Å². The lowest BCUT2D eigenvalue weighted by Crippen LogP contribution is -2.23. The Hall–Kier alpha value is -2.86. The molecule has 1 aliphatic heterocycles. The van der Waals surface area contributed by atoms with E-state index in [1.165, 1.54) is 5.56 Å². The maximum atomic E-state index is 5.66. The van der Waals surface area contributed by atoms with Crippen molar-refractivity contribution < 1.29 is 9.47 Å². The van der Waals surface area contributed by atoms with Crippen LogP contribution in [-0.2, 0) is 13.2 Å². The standard InChI is InChI=1S/C19H20N4O2/c1-22(13-15-2-3-18-19(12-15)25-11-10-24-18)14-23-17(6-9-21-23)16-4-7-20-8-5-16/h2-9,12H,10-11,13-14H2,1H3. The first-order valence-corrected chi connectivity index (χ1v) is 8.29. The summed E-state index contributed by atoms with van der Waals surface area (Å²) < 4.78 is 13.2. The summed E-state index contributed by atoms with van der Waals surface area (Å²) in [5.41, 5.74) is 3.38. The summed E-state index contributed by atoms with van der Waals surface area (Å²) in [6.45, 7) is 2.71. The molecule has 0 amide bonds. The summed E-state index contributed by atoms with van der Waals surface area (Å²) in [6, 6.07) is 12.1. The number of hydrogen-bond acceptors (Lipinski definition) is 5. The Bertz CT molecular complexity index is 848. The van der Waals surface area contributed by atoms with Gasteiger partial charge in [0.05, 0.1) is 12.4 Å². The van der Waals surface area contributed by atoms with Gasteiger partial charge in [-0.25, -0.2) is 0 Å². The van der Waals surface area contributed by atoms with E-state index in [4.69, 9.17) is 9.47 Å². The van der Waals surface area contributed by atoms with Gasteiger partial charge in [-0.2, -0.15) is 5.10 Å². The van der Waals surface area contributed by atoms with Crippen LogP contribution in [0.5, 0.6) is 11.5 Å². The summed E-state index contributed by atoms with van der Waals surface area (Å²) in [6.07, 6.45) is 5.42. The molecule has 4 rings (SSSR count). The summed E-state index contributed by atoms with van der Waals surface area (Å²) in [5.74, 6) is 1.65. The molecule has 0 saturated carbocycles. The average Bonchev–Trinajstić information content (AvgIpc) is 3.10. The summed E-state index contributed by atoms with van der Waals surface area (Å²) in [7, 11) is 2.08. The SMILES string of the molecule is CN(Cc1ccc2c(c1)OCCO2)Cn1nccc1-c1ccncc1. The molecule has 0 atom stereocenters. The van der Waals surface area contributed by atoms with Crippen molar-refractivity contribution in [2.45, 2.75) is 13.2 Å². The summed E-state index contributed by atoms with van der Waals surface area (Å²) in [4.78, 5) is 6.29. The Balaban J connectivity index is 1.46. The van der Waals surface area contributed by atoms with Gasteiger partial charge in [0.2, 0.25) is 0 Å². The van der Waals surface area contributed by atoms with Crippen LogP contribution in [0.2, 0.25) is 0 Å². The molecule has 1 aliphatic rings. The molecule has 0 radical (unpaired) electrons. The Kier molecular flexibility index (Phi) is 4.35. The lowest BCUT2D eigenvalue weighted by Gasteiger charge is -2.21. The molecule has 25 heavy (non-hydrogen) atoms. The first kappa shape index (κ1) is 15.7. The third-order valence-electron chi connectivity index (χ3n) is 4.13. The van der Waals surface area contributed by atoms with Crippen molar-refractivity contribution in [3.63, 3.8) is 0 Å². The molecule has 0 aliphatic carbocycles.